The SMILES string of the molecule is Cc1ccc(C2=NN(C(=O)CNc3ccc([N+](=O)[O-])cc3)[C@H](c3ccco3)C2)cc1. The summed E-state index contributed by atoms with van der Waals surface area (Å²) in [5.41, 5.74) is 3.55. The molecule has 30 heavy (non-hydrogen) atoms. The average molecular weight is 404 g/mol. The highest BCUT2D eigenvalue weighted by atomic mass is 16.6. The van der Waals surface area contributed by atoms with Crippen LogP contribution in [0, 0.1) is 17.0 Å². The molecule has 0 unspecified atom stereocenters. The van der Waals surface area contributed by atoms with Gasteiger partial charge in [0.2, 0.25) is 0 Å². The summed E-state index contributed by atoms with van der Waals surface area (Å²) in [4.78, 5) is 23.2. The zero-order chi connectivity index (χ0) is 21.1. The molecule has 4 rings (SSSR count). The fourth-order valence-corrected chi connectivity index (χ4v) is 3.32. The number of nitro groups is 1. The molecule has 0 radical (unpaired) electrons. The third kappa shape index (κ3) is 4.07. The summed E-state index contributed by atoms with van der Waals surface area (Å²) in [6.07, 6.45) is 2.14. The number of amides is 1. The molecule has 1 aliphatic rings. The van der Waals surface area contributed by atoms with E-state index in [9.17, 15) is 14.9 Å². The van der Waals surface area contributed by atoms with Crippen LogP contribution in [0.15, 0.2) is 76.4 Å². The van der Waals surface area contributed by atoms with E-state index >= 15 is 0 Å². The number of hydrogen-bond donors (Lipinski definition) is 1. The summed E-state index contributed by atoms with van der Waals surface area (Å²) in [7, 11) is 0. The molecule has 152 valence electrons. The molecule has 2 heterocycles. The molecule has 1 N–H and O–H groups in total. The van der Waals surface area contributed by atoms with Crippen molar-refractivity contribution in [1.29, 1.82) is 0 Å². The Kier molecular flexibility index (Phi) is 5.30. The predicted octanol–water partition coefficient (Wildman–Crippen LogP) is 4.29. The lowest BCUT2D eigenvalue weighted by atomic mass is 10.0. The topological polar surface area (TPSA) is 101 Å². The van der Waals surface area contributed by atoms with Gasteiger partial charge < -0.3 is 9.73 Å². The first-order valence-corrected chi connectivity index (χ1v) is 9.49. The number of non-ortho nitro benzene ring substituents is 1. The van der Waals surface area contributed by atoms with Gasteiger partial charge in [-0.3, -0.25) is 14.9 Å². The highest BCUT2D eigenvalue weighted by Gasteiger charge is 2.34. The third-order valence-electron chi connectivity index (χ3n) is 4.94. The van der Waals surface area contributed by atoms with E-state index in [2.05, 4.69) is 10.4 Å². The Balaban J connectivity index is 1.51. The summed E-state index contributed by atoms with van der Waals surface area (Å²) < 4.78 is 5.55. The first kappa shape index (κ1) is 19.4. The molecule has 1 aromatic heterocycles. The lowest BCUT2D eigenvalue weighted by Crippen LogP contribution is -2.32. The van der Waals surface area contributed by atoms with E-state index in [4.69, 9.17) is 4.42 Å². The highest BCUT2D eigenvalue weighted by Crippen LogP contribution is 2.33. The third-order valence-corrected chi connectivity index (χ3v) is 4.94. The number of aryl methyl sites for hydroxylation is 1. The Hall–Kier alpha value is -3.94. The number of benzene rings is 2. The number of nitrogens with one attached hydrogen (secondary N) is 1. The van der Waals surface area contributed by atoms with Gasteiger partial charge in [-0.2, -0.15) is 5.10 Å². The molecule has 0 bridgehead atoms. The predicted molar refractivity (Wildman–Crippen MR) is 112 cm³/mol. The van der Waals surface area contributed by atoms with Gasteiger partial charge in [-0.25, -0.2) is 5.01 Å². The maximum Gasteiger partial charge on any atom is 0.269 e. The Labute approximate surface area is 173 Å². The minimum absolute atomic E-state index is 0.000300. The van der Waals surface area contributed by atoms with E-state index in [-0.39, 0.29) is 24.2 Å². The molecule has 1 aliphatic heterocycles. The summed E-state index contributed by atoms with van der Waals surface area (Å²) >= 11 is 0. The van der Waals surface area contributed by atoms with E-state index in [1.54, 1.807) is 24.5 Å². The molecule has 1 atom stereocenters. The average Bonchev–Trinajstić information content (AvgIpc) is 3.43. The van der Waals surface area contributed by atoms with Crippen LogP contribution >= 0.6 is 0 Å². The van der Waals surface area contributed by atoms with Crippen molar-refractivity contribution in [2.24, 2.45) is 5.10 Å². The molecule has 3 aromatic rings. The van der Waals surface area contributed by atoms with Crippen LogP contribution in [0.5, 0.6) is 0 Å². The van der Waals surface area contributed by atoms with Crippen LogP contribution in [0.1, 0.15) is 29.3 Å². The van der Waals surface area contributed by atoms with Crippen molar-refractivity contribution in [3.8, 4) is 0 Å². The highest BCUT2D eigenvalue weighted by molar-refractivity contribution is 6.03. The smallest absolute Gasteiger partial charge is 0.269 e. The summed E-state index contributed by atoms with van der Waals surface area (Å²) in [6, 6.07) is 17.3. The zero-order valence-electron chi connectivity index (χ0n) is 16.3. The maximum atomic E-state index is 12.9. The number of carbonyl (C=O) groups excluding carboxylic acids is 1. The molecular weight excluding hydrogens is 384 g/mol. The summed E-state index contributed by atoms with van der Waals surface area (Å²) in [5, 5.41) is 19.8. The van der Waals surface area contributed by atoms with Gasteiger partial charge >= 0.3 is 0 Å². The van der Waals surface area contributed by atoms with Gasteiger partial charge in [0.05, 0.1) is 23.4 Å². The van der Waals surface area contributed by atoms with Gasteiger partial charge in [0.15, 0.2) is 0 Å². The minimum Gasteiger partial charge on any atom is -0.467 e. The normalized spacial score (nSPS) is 15.7. The number of hydrogen-bond acceptors (Lipinski definition) is 6. The van der Waals surface area contributed by atoms with E-state index in [0.717, 1.165) is 16.8 Å². The van der Waals surface area contributed by atoms with Gasteiger partial charge in [-0.15, -0.1) is 0 Å². The van der Waals surface area contributed by atoms with Crippen molar-refractivity contribution in [2.45, 2.75) is 19.4 Å². The second-order valence-electron chi connectivity index (χ2n) is 7.04. The van der Waals surface area contributed by atoms with Crippen LogP contribution in [0.25, 0.3) is 0 Å². The van der Waals surface area contributed by atoms with Crippen LogP contribution in [-0.4, -0.2) is 28.1 Å². The molecule has 8 nitrogen and oxygen atoms in total. The van der Waals surface area contributed by atoms with Crippen molar-refractivity contribution in [2.75, 3.05) is 11.9 Å². The van der Waals surface area contributed by atoms with Crippen LogP contribution in [-0.2, 0) is 4.79 Å². The van der Waals surface area contributed by atoms with Crippen molar-refractivity contribution in [3.63, 3.8) is 0 Å². The van der Waals surface area contributed by atoms with Gasteiger partial charge in [0, 0.05) is 24.2 Å². The molecule has 1 amide bonds. The van der Waals surface area contributed by atoms with Crippen LogP contribution in [0.2, 0.25) is 0 Å². The first-order valence-electron chi connectivity index (χ1n) is 9.49. The van der Waals surface area contributed by atoms with E-state index in [1.165, 1.54) is 17.1 Å². The number of rotatable bonds is 6. The fraction of sp³-hybridized carbons (Fsp3) is 0.182. The summed E-state index contributed by atoms with van der Waals surface area (Å²) in [6.45, 7) is 2.02. The lowest BCUT2D eigenvalue weighted by Gasteiger charge is -2.20. The zero-order valence-corrected chi connectivity index (χ0v) is 16.3. The second kappa shape index (κ2) is 8.20. The molecule has 0 saturated heterocycles. The van der Waals surface area contributed by atoms with Gasteiger partial charge in [0.1, 0.15) is 11.8 Å². The van der Waals surface area contributed by atoms with E-state index in [1.807, 2.05) is 37.3 Å². The molecule has 0 fully saturated rings. The Bertz CT molecular complexity index is 1070. The van der Waals surface area contributed by atoms with Gasteiger partial charge in [-0.05, 0) is 36.8 Å². The fourth-order valence-electron chi connectivity index (χ4n) is 3.32. The van der Waals surface area contributed by atoms with Crippen molar-refractivity contribution in [1.82, 2.24) is 5.01 Å². The van der Waals surface area contributed by atoms with Crippen molar-refractivity contribution >= 4 is 23.0 Å². The lowest BCUT2D eigenvalue weighted by molar-refractivity contribution is -0.384. The number of hydrazone groups is 1. The molecule has 0 aliphatic carbocycles. The molecule has 2 aromatic carbocycles. The maximum absolute atomic E-state index is 12.9. The molecule has 0 saturated carbocycles. The Morgan fingerprint density at radius 2 is 1.93 bits per heavy atom. The minimum atomic E-state index is -0.464. The molecular formula is C22H20N4O4. The largest absolute Gasteiger partial charge is 0.467 e. The number of nitrogens with zero attached hydrogens (tertiary/aromatic N) is 3. The van der Waals surface area contributed by atoms with Crippen LogP contribution in [0.4, 0.5) is 11.4 Å². The van der Waals surface area contributed by atoms with Gasteiger partial charge in [0.25, 0.3) is 11.6 Å². The standard InChI is InChI=1S/C22H20N4O4/c1-15-4-6-16(7-5-15)19-13-20(21-3-2-12-30-21)25(24-19)22(27)14-23-17-8-10-18(11-9-17)26(28)29/h2-12,20,23H,13-14H2,1H3/t20-/m0/s1. The van der Waals surface area contributed by atoms with E-state index < -0.39 is 4.92 Å². The second-order valence-corrected chi connectivity index (χ2v) is 7.04. The van der Waals surface area contributed by atoms with Crippen molar-refractivity contribution < 1.29 is 14.1 Å². The number of nitro benzene ring substituents is 1. The summed E-state index contributed by atoms with van der Waals surface area (Å²) in [5.74, 6) is 0.446. The van der Waals surface area contributed by atoms with Gasteiger partial charge in [-0.1, -0.05) is 29.8 Å². The first-order chi connectivity index (χ1) is 14.5. The monoisotopic (exact) mass is 404 g/mol. The van der Waals surface area contributed by atoms with Crippen LogP contribution < -0.4 is 5.32 Å². The number of anilines is 1. The Morgan fingerprint density at radius 1 is 1.20 bits per heavy atom. The van der Waals surface area contributed by atoms with E-state index in [0.29, 0.717) is 17.9 Å². The Morgan fingerprint density at radius 3 is 2.57 bits per heavy atom. The number of carbonyl (C=O) groups is 1. The quantitative estimate of drug-likeness (QED) is 0.488. The van der Waals surface area contributed by atoms with Crippen LogP contribution in [0.3, 0.4) is 0 Å². The molecule has 0 spiro atoms. The number of furan rings is 1. The molecule has 8 heteroatoms. The van der Waals surface area contributed by atoms with Crippen molar-refractivity contribution in [3.05, 3.63) is 93.9 Å².